The molecule has 1 saturated heterocycles. The molecule has 0 aliphatic carbocycles. The average molecular weight is 476 g/mol. The average Bonchev–Trinajstić information content (AvgIpc) is 3.23. The third kappa shape index (κ3) is 4.80. The summed E-state index contributed by atoms with van der Waals surface area (Å²) in [5, 5.41) is 3.04. The Morgan fingerprint density at radius 1 is 1.16 bits per heavy atom. The summed E-state index contributed by atoms with van der Waals surface area (Å²) in [6.07, 6.45) is 5.28. The van der Waals surface area contributed by atoms with Gasteiger partial charge in [0.15, 0.2) is 0 Å². The number of nitrogens with zero attached hydrogens (tertiary/aromatic N) is 2. The highest BCUT2D eigenvalue weighted by Crippen LogP contribution is 2.35. The molecule has 6 nitrogen and oxygen atoms in total. The number of piperidine rings is 1. The van der Waals surface area contributed by atoms with Crippen LogP contribution < -0.4 is 9.62 Å². The molecule has 32 heavy (non-hydrogen) atoms. The molecule has 2 aliphatic rings. The Bertz CT molecular complexity index is 1090. The SMILES string of the molecule is CC1CCCCN1CCCNC(=O)c1ccc(Cl)c(S(=O)(=O)N2CCc3ccccc32)c1. The highest BCUT2D eigenvalue weighted by molar-refractivity contribution is 7.93. The lowest BCUT2D eigenvalue weighted by atomic mass is 10.0. The van der Waals surface area contributed by atoms with E-state index >= 15 is 0 Å². The third-order valence-corrected chi connectivity index (χ3v) is 8.75. The number of anilines is 1. The van der Waals surface area contributed by atoms with Crippen LogP contribution in [0.1, 0.15) is 48.5 Å². The molecule has 8 heteroatoms. The number of carbonyl (C=O) groups is 1. The summed E-state index contributed by atoms with van der Waals surface area (Å²) in [4.78, 5) is 15.1. The van der Waals surface area contributed by atoms with Crippen molar-refractivity contribution in [2.24, 2.45) is 0 Å². The predicted molar refractivity (Wildman–Crippen MR) is 128 cm³/mol. The minimum atomic E-state index is -3.87. The van der Waals surface area contributed by atoms with E-state index in [1.165, 1.54) is 35.7 Å². The molecule has 0 aromatic heterocycles. The van der Waals surface area contributed by atoms with Crippen molar-refractivity contribution in [2.75, 3.05) is 30.5 Å². The highest BCUT2D eigenvalue weighted by atomic mass is 35.5. The van der Waals surface area contributed by atoms with Gasteiger partial charge in [-0.05, 0) is 69.0 Å². The van der Waals surface area contributed by atoms with Crippen LogP contribution in [0.4, 0.5) is 5.69 Å². The first-order valence-electron chi connectivity index (χ1n) is 11.3. The molecule has 4 rings (SSSR count). The van der Waals surface area contributed by atoms with Gasteiger partial charge in [-0.1, -0.05) is 36.2 Å². The quantitative estimate of drug-likeness (QED) is 0.612. The zero-order chi connectivity index (χ0) is 22.7. The topological polar surface area (TPSA) is 69.7 Å². The van der Waals surface area contributed by atoms with Gasteiger partial charge in [-0.25, -0.2) is 8.42 Å². The molecule has 1 unspecified atom stereocenters. The van der Waals surface area contributed by atoms with Crippen molar-refractivity contribution >= 4 is 33.2 Å². The van der Waals surface area contributed by atoms with E-state index < -0.39 is 10.0 Å². The summed E-state index contributed by atoms with van der Waals surface area (Å²) in [6, 6.07) is 12.5. The van der Waals surface area contributed by atoms with Crippen molar-refractivity contribution in [3.63, 3.8) is 0 Å². The first-order chi connectivity index (χ1) is 15.4. The van der Waals surface area contributed by atoms with Crippen molar-refractivity contribution in [1.29, 1.82) is 0 Å². The molecule has 0 spiro atoms. The molecule has 0 bridgehead atoms. The minimum Gasteiger partial charge on any atom is -0.352 e. The second-order valence-electron chi connectivity index (χ2n) is 8.59. The Kier molecular flexibility index (Phi) is 7.08. The smallest absolute Gasteiger partial charge is 0.265 e. The number of fused-ring (bicyclic) bond motifs is 1. The van der Waals surface area contributed by atoms with Gasteiger partial charge in [-0.2, -0.15) is 0 Å². The molecule has 172 valence electrons. The fourth-order valence-corrected chi connectivity index (χ4v) is 6.60. The molecule has 2 aliphatic heterocycles. The summed E-state index contributed by atoms with van der Waals surface area (Å²) in [7, 11) is -3.87. The molecule has 2 heterocycles. The van der Waals surface area contributed by atoms with Crippen molar-refractivity contribution in [1.82, 2.24) is 10.2 Å². The molecular formula is C24H30ClN3O3S. The number of amides is 1. The van der Waals surface area contributed by atoms with Gasteiger partial charge in [0.2, 0.25) is 0 Å². The fourth-order valence-electron chi connectivity index (χ4n) is 4.59. The Balaban J connectivity index is 1.42. The maximum Gasteiger partial charge on any atom is 0.265 e. The summed E-state index contributed by atoms with van der Waals surface area (Å²) in [5.41, 5.74) is 1.96. The van der Waals surface area contributed by atoms with E-state index in [0.29, 0.717) is 36.8 Å². The van der Waals surface area contributed by atoms with Gasteiger partial charge in [-0.3, -0.25) is 9.10 Å². The summed E-state index contributed by atoms with van der Waals surface area (Å²) >= 11 is 6.27. The molecule has 1 fully saturated rings. The summed E-state index contributed by atoms with van der Waals surface area (Å²) in [5.74, 6) is -0.286. The zero-order valence-electron chi connectivity index (χ0n) is 18.4. The molecule has 0 radical (unpaired) electrons. The number of likely N-dealkylation sites (tertiary alicyclic amines) is 1. The van der Waals surface area contributed by atoms with Crippen molar-refractivity contribution < 1.29 is 13.2 Å². The van der Waals surface area contributed by atoms with Gasteiger partial charge in [0, 0.05) is 31.2 Å². The highest BCUT2D eigenvalue weighted by Gasteiger charge is 2.32. The number of rotatable bonds is 7. The Labute approximate surface area is 195 Å². The van der Waals surface area contributed by atoms with E-state index in [9.17, 15) is 13.2 Å². The maximum absolute atomic E-state index is 13.4. The van der Waals surface area contributed by atoms with E-state index in [1.54, 1.807) is 12.1 Å². The van der Waals surface area contributed by atoms with Gasteiger partial charge in [0.1, 0.15) is 4.90 Å². The van der Waals surface area contributed by atoms with Crippen LogP contribution in [0.3, 0.4) is 0 Å². The number of para-hydroxylation sites is 1. The van der Waals surface area contributed by atoms with Gasteiger partial charge < -0.3 is 10.2 Å². The molecular weight excluding hydrogens is 446 g/mol. The standard InChI is InChI=1S/C24H30ClN3O3S/c1-18-7-4-5-14-27(18)15-6-13-26-24(29)20-10-11-21(25)23(17-20)32(30,31)28-16-12-19-8-2-3-9-22(19)28/h2-3,8-11,17-18H,4-7,12-16H2,1H3,(H,26,29). The van der Waals surface area contributed by atoms with Crippen LogP contribution in [0, 0.1) is 0 Å². The normalized spacial score (nSPS) is 19.1. The van der Waals surface area contributed by atoms with E-state index in [4.69, 9.17) is 11.6 Å². The Hall–Kier alpha value is -2.09. The van der Waals surface area contributed by atoms with Gasteiger partial charge in [0.05, 0.1) is 10.7 Å². The van der Waals surface area contributed by atoms with Crippen molar-refractivity contribution in [3.8, 4) is 0 Å². The zero-order valence-corrected chi connectivity index (χ0v) is 20.0. The van der Waals surface area contributed by atoms with Crippen LogP contribution in [-0.4, -0.2) is 51.4 Å². The van der Waals surface area contributed by atoms with Crippen LogP contribution >= 0.6 is 11.6 Å². The molecule has 1 atom stereocenters. The van der Waals surface area contributed by atoms with Gasteiger partial charge >= 0.3 is 0 Å². The number of hydrogen-bond acceptors (Lipinski definition) is 4. The Morgan fingerprint density at radius 2 is 1.97 bits per heavy atom. The molecule has 1 amide bonds. The third-order valence-electron chi connectivity index (χ3n) is 6.45. The fraction of sp³-hybridized carbons (Fsp3) is 0.458. The lowest BCUT2D eigenvalue weighted by Crippen LogP contribution is -2.39. The van der Waals surface area contributed by atoms with Gasteiger partial charge in [-0.15, -0.1) is 0 Å². The van der Waals surface area contributed by atoms with Crippen molar-refractivity contribution in [3.05, 3.63) is 58.6 Å². The van der Waals surface area contributed by atoms with E-state index in [-0.39, 0.29) is 15.8 Å². The first-order valence-corrected chi connectivity index (χ1v) is 13.1. The second-order valence-corrected chi connectivity index (χ2v) is 10.8. The molecule has 2 aromatic carbocycles. The molecule has 2 aromatic rings. The minimum absolute atomic E-state index is 0.0364. The number of halogens is 1. The lowest BCUT2D eigenvalue weighted by molar-refractivity contribution is 0.0948. The number of hydrogen-bond donors (Lipinski definition) is 1. The predicted octanol–water partition coefficient (Wildman–Crippen LogP) is 4.09. The first kappa shape index (κ1) is 23.1. The van der Waals surface area contributed by atoms with Crippen molar-refractivity contribution in [2.45, 2.75) is 50.0 Å². The number of nitrogens with one attached hydrogen (secondary N) is 1. The van der Waals surface area contributed by atoms with E-state index in [0.717, 1.165) is 25.1 Å². The molecule has 1 N–H and O–H groups in total. The summed E-state index contributed by atoms with van der Waals surface area (Å²) in [6.45, 7) is 5.24. The molecule has 0 saturated carbocycles. The second kappa shape index (κ2) is 9.81. The van der Waals surface area contributed by atoms with E-state index in [2.05, 4.69) is 17.1 Å². The van der Waals surface area contributed by atoms with E-state index in [1.807, 2.05) is 18.2 Å². The van der Waals surface area contributed by atoms with Crippen LogP contribution in [-0.2, 0) is 16.4 Å². The maximum atomic E-state index is 13.4. The van der Waals surface area contributed by atoms with Crippen LogP contribution in [0.25, 0.3) is 0 Å². The summed E-state index contributed by atoms with van der Waals surface area (Å²) < 4.78 is 28.1. The van der Waals surface area contributed by atoms with Crippen LogP contribution in [0.2, 0.25) is 5.02 Å². The number of carbonyl (C=O) groups excluding carboxylic acids is 1. The van der Waals surface area contributed by atoms with Gasteiger partial charge in [0.25, 0.3) is 15.9 Å². The Morgan fingerprint density at radius 3 is 2.78 bits per heavy atom. The monoisotopic (exact) mass is 475 g/mol. The van der Waals surface area contributed by atoms with Crippen LogP contribution in [0.15, 0.2) is 47.4 Å². The van der Waals surface area contributed by atoms with Crippen LogP contribution in [0.5, 0.6) is 0 Å². The largest absolute Gasteiger partial charge is 0.352 e. The number of benzene rings is 2. The lowest BCUT2D eigenvalue weighted by Gasteiger charge is -2.33. The number of sulfonamides is 1.